The number of nitrogens with zero attached hydrogens (tertiary/aromatic N) is 6. The average Bonchev–Trinajstić information content (AvgIpc) is 1.71. The first kappa shape index (κ1) is 84.7. The number of Topliss-reactive ketones (excluding diaryl/α,β-unsaturated/α-hetero) is 1. The maximum absolute atomic E-state index is 13.2. The number of ether oxygens (including phenoxy) is 12. The second-order valence-electron chi connectivity index (χ2n) is 26.6. The summed E-state index contributed by atoms with van der Waals surface area (Å²) in [5.41, 5.74) is 11.8. The lowest BCUT2D eigenvalue weighted by Crippen LogP contribution is -2.07. The SMILES string of the molecule is CCOC(=O)c1c(C)n(-c2ccc(OC)cc2)c2cc(OC(F)F)ccc12.CCOC(=O)c1c(C)n(-c2ccc(OC)cc2)c2ccc(OC(F)F)cc12.CCn1cc(C#N)c2cc3c(cc21)OCO3.COc1ccc(-n2cc(C(=O)c3ccc(F)cc3)c3ccc(OC)cc32)cc1.COc1ccc(-n2cc(C(C)=O)c3ccc(OC)cc32)cc1. The molecule has 0 aliphatic carbocycles. The molecule has 27 heteroatoms. The van der Waals surface area contributed by atoms with E-state index in [1.54, 1.807) is 124 Å². The lowest BCUT2D eigenvalue weighted by atomic mass is 10.0. The van der Waals surface area contributed by atoms with E-state index >= 15 is 0 Å². The van der Waals surface area contributed by atoms with Crippen LogP contribution in [0, 0.1) is 31.0 Å². The summed E-state index contributed by atoms with van der Waals surface area (Å²) in [5, 5.41) is 12.8. The largest absolute Gasteiger partial charge is 0.497 e. The number of esters is 2. The molecule has 15 aromatic rings. The van der Waals surface area contributed by atoms with E-state index in [2.05, 4.69) is 15.5 Å². The van der Waals surface area contributed by atoms with Crippen LogP contribution in [0.3, 0.4) is 0 Å². The van der Waals surface area contributed by atoms with Gasteiger partial charge in [-0.05, 0) is 224 Å². The molecular formula is C93H83F5N6O16. The third kappa shape index (κ3) is 18.3. The Morgan fingerprint density at radius 2 is 0.825 bits per heavy atom. The van der Waals surface area contributed by atoms with E-state index in [1.165, 1.54) is 48.5 Å². The van der Waals surface area contributed by atoms with Crippen LogP contribution < -0.4 is 47.4 Å². The van der Waals surface area contributed by atoms with Crippen molar-refractivity contribution < 1.29 is 98.0 Å². The van der Waals surface area contributed by atoms with Crippen LogP contribution in [0.15, 0.2) is 225 Å². The molecule has 0 radical (unpaired) electrons. The van der Waals surface area contributed by atoms with Gasteiger partial charge < -0.3 is 79.7 Å². The van der Waals surface area contributed by atoms with E-state index in [-0.39, 0.29) is 48.9 Å². The lowest BCUT2D eigenvalue weighted by Gasteiger charge is -2.11. The summed E-state index contributed by atoms with van der Waals surface area (Å²) in [7, 11) is 9.64. The van der Waals surface area contributed by atoms with Gasteiger partial charge >= 0.3 is 25.2 Å². The second kappa shape index (κ2) is 37.9. The molecule has 1 aliphatic rings. The molecule has 120 heavy (non-hydrogen) atoms. The van der Waals surface area contributed by atoms with Crippen molar-refractivity contribution in [1.82, 2.24) is 22.8 Å². The maximum Gasteiger partial charge on any atom is 0.387 e. The molecular weight excluding hydrogens is 1550 g/mol. The summed E-state index contributed by atoms with van der Waals surface area (Å²) in [6.07, 6.45) is 5.53. The van der Waals surface area contributed by atoms with Gasteiger partial charge in [-0.1, -0.05) is 0 Å². The summed E-state index contributed by atoms with van der Waals surface area (Å²) >= 11 is 0. The maximum atomic E-state index is 13.2. The third-order valence-corrected chi connectivity index (χ3v) is 19.7. The molecule has 0 unspecified atom stereocenters. The van der Waals surface area contributed by atoms with Crippen LogP contribution in [-0.2, 0) is 16.0 Å². The minimum atomic E-state index is -2.95. The smallest absolute Gasteiger partial charge is 0.387 e. The molecule has 10 aromatic carbocycles. The number of aromatic nitrogens is 5. The molecule has 16 rings (SSSR count). The number of halogens is 5. The first-order valence-corrected chi connectivity index (χ1v) is 37.6. The molecule has 616 valence electrons. The topological polar surface area (TPSA) is 227 Å². The molecule has 6 heterocycles. The van der Waals surface area contributed by atoms with Crippen LogP contribution >= 0.6 is 0 Å². The van der Waals surface area contributed by atoms with Gasteiger partial charge in [0.15, 0.2) is 23.1 Å². The molecule has 0 amide bonds. The highest BCUT2D eigenvalue weighted by Crippen LogP contribution is 2.40. The molecule has 0 saturated heterocycles. The Balaban J connectivity index is 0.000000139. The van der Waals surface area contributed by atoms with Crippen LogP contribution in [0.2, 0.25) is 0 Å². The number of fused-ring (bicyclic) bond motifs is 6. The quantitative estimate of drug-likeness (QED) is 0.0349. The molecule has 22 nitrogen and oxygen atoms in total. The van der Waals surface area contributed by atoms with Crippen molar-refractivity contribution in [2.24, 2.45) is 0 Å². The number of aryl methyl sites for hydroxylation is 1. The van der Waals surface area contributed by atoms with Crippen molar-refractivity contribution >= 4 is 78.0 Å². The van der Waals surface area contributed by atoms with Gasteiger partial charge in [0.25, 0.3) is 0 Å². The molecule has 0 saturated carbocycles. The highest BCUT2D eigenvalue weighted by atomic mass is 19.3. The number of carbonyl (C=O) groups excluding carboxylic acids is 4. The third-order valence-electron chi connectivity index (χ3n) is 19.7. The summed E-state index contributed by atoms with van der Waals surface area (Å²) in [6, 6.07) is 61.7. The van der Waals surface area contributed by atoms with Crippen molar-refractivity contribution in [2.45, 2.75) is 61.3 Å². The molecule has 0 atom stereocenters. The molecule has 1 aliphatic heterocycles. The van der Waals surface area contributed by atoms with Gasteiger partial charge in [-0.2, -0.15) is 22.8 Å². The minimum Gasteiger partial charge on any atom is -0.497 e. The Labute approximate surface area is 686 Å². The number of alkyl halides is 4. The number of methoxy groups -OCH3 is 6. The fraction of sp³-hybridized carbons (Fsp3) is 0.194. The van der Waals surface area contributed by atoms with Crippen LogP contribution in [-0.4, -0.2) is 122 Å². The Morgan fingerprint density at radius 1 is 0.425 bits per heavy atom. The van der Waals surface area contributed by atoms with Crippen molar-refractivity contribution in [3.05, 3.63) is 275 Å². The van der Waals surface area contributed by atoms with Crippen molar-refractivity contribution in [3.63, 3.8) is 0 Å². The highest BCUT2D eigenvalue weighted by Gasteiger charge is 2.27. The predicted molar refractivity (Wildman–Crippen MR) is 445 cm³/mol. The van der Waals surface area contributed by atoms with Gasteiger partial charge in [-0.3, -0.25) is 9.59 Å². The molecule has 0 spiro atoms. The molecule has 0 fully saturated rings. The van der Waals surface area contributed by atoms with E-state index in [4.69, 9.17) is 52.6 Å². The first-order valence-electron chi connectivity index (χ1n) is 37.6. The van der Waals surface area contributed by atoms with E-state index in [0.29, 0.717) is 83.8 Å². The number of carbonyl (C=O) groups is 4. The number of benzene rings is 10. The number of nitriles is 1. The first-order chi connectivity index (χ1) is 58.0. The van der Waals surface area contributed by atoms with E-state index in [9.17, 15) is 41.1 Å². The van der Waals surface area contributed by atoms with Gasteiger partial charge in [0.05, 0.1) is 100 Å². The van der Waals surface area contributed by atoms with Gasteiger partial charge in [-0.15, -0.1) is 0 Å². The standard InChI is InChI=1S/C23H18FNO3.2C20H19F2NO4.C18H17NO3.C12H10N2O2/c1-27-18-9-7-17(8-10-18)25-14-21(20-12-11-19(28-2)13-22(20)25)23(26)15-3-5-16(24)6-4-15;1-4-26-19(24)18-12(2)23(13-5-7-14(25-3)8-6-13)17-10-9-15(11-16(17)18)27-20(21)22;1-4-26-19(24)18-12(2)23(13-5-7-14(25-3)8-6-13)17-11-15(27-20(21)22)9-10-16(17)18;1-12(20)17-11-19(13-4-6-14(21-2)7-5-13)18-10-15(22-3)8-9-16(17)18;1-2-14-6-8(5-13)9-3-11-12(4-10(9)14)16-7-15-11/h3-14H,1-2H3;2*5-11,20H,4H2,1-3H3;4-11H,1-3H3;3-4,6H,2,7H2,1H3. The van der Waals surface area contributed by atoms with Crippen LogP contribution in [0.25, 0.3) is 77.3 Å². The normalized spacial score (nSPS) is 11.2. The zero-order valence-corrected chi connectivity index (χ0v) is 67.5. The van der Waals surface area contributed by atoms with Crippen LogP contribution in [0.4, 0.5) is 22.0 Å². The fourth-order valence-electron chi connectivity index (χ4n) is 14.0. The number of ketones is 2. The minimum absolute atomic E-state index is 0.0140. The Bertz CT molecular complexity index is 6270. The van der Waals surface area contributed by atoms with Gasteiger partial charge in [0.2, 0.25) is 6.79 Å². The Kier molecular flexibility index (Phi) is 26.8. The van der Waals surface area contributed by atoms with Gasteiger partial charge in [0, 0.05) is 127 Å². The van der Waals surface area contributed by atoms with Crippen LogP contribution in [0.1, 0.15) is 91.6 Å². The summed E-state index contributed by atoms with van der Waals surface area (Å²) in [4.78, 5) is 50.0. The zero-order valence-electron chi connectivity index (χ0n) is 67.5. The Morgan fingerprint density at radius 3 is 1.27 bits per heavy atom. The van der Waals surface area contributed by atoms with E-state index < -0.39 is 25.2 Å². The van der Waals surface area contributed by atoms with Crippen LogP contribution in [0.5, 0.6) is 57.5 Å². The summed E-state index contributed by atoms with van der Waals surface area (Å²) in [6.45, 7) is 6.28. The average molecular weight is 1640 g/mol. The molecule has 0 bridgehead atoms. The highest BCUT2D eigenvalue weighted by molar-refractivity contribution is 6.17. The fourth-order valence-corrected chi connectivity index (χ4v) is 14.0. The van der Waals surface area contributed by atoms with Crippen molar-refractivity contribution in [1.29, 1.82) is 5.26 Å². The lowest BCUT2D eigenvalue weighted by molar-refractivity contribution is -0.0504. The zero-order chi connectivity index (χ0) is 85.6. The monoisotopic (exact) mass is 1630 g/mol. The molecule has 0 N–H and O–H groups in total. The number of hydrogen-bond donors (Lipinski definition) is 0. The van der Waals surface area contributed by atoms with Crippen molar-refractivity contribution in [3.8, 4) is 86.3 Å². The van der Waals surface area contributed by atoms with E-state index in [1.807, 2.05) is 159 Å². The number of hydrogen-bond acceptors (Lipinski definition) is 17. The van der Waals surface area contributed by atoms with Gasteiger partial charge in [0.1, 0.15) is 57.9 Å². The molecule has 5 aromatic heterocycles. The summed E-state index contributed by atoms with van der Waals surface area (Å²) in [5.74, 6) is 4.38. The Hall–Kier alpha value is -14.7. The van der Waals surface area contributed by atoms with E-state index in [0.717, 1.165) is 90.8 Å². The number of rotatable bonds is 22. The second-order valence-corrected chi connectivity index (χ2v) is 26.6. The van der Waals surface area contributed by atoms with Crippen molar-refractivity contribution in [2.75, 3.05) is 62.7 Å². The van der Waals surface area contributed by atoms with Gasteiger partial charge in [-0.25, -0.2) is 14.0 Å². The predicted octanol–water partition coefficient (Wildman–Crippen LogP) is 20.6. The summed E-state index contributed by atoms with van der Waals surface area (Å²) < 4.78 is 135.